The van der Waals surface area contributed by atoms with Crippen molar-refractivity contribution in [1.29, 1.82) is 0 Å². The Kier molecular flexibility index (Phi) is 4.12. The summed E-state index contributed by atoms with van der Waals surface area (Å²) in [6.45, 7) is 0. The maximum atomic E-state index is 13.9. The van der Waals surface area contributed by atoms with E-state index >= 15 is 0 Å². The number of carbonyl (C=O) groups is 1. The topological polar surface area (TPSA) is 101 Å². The van der Waals surface area contributed by atoms with E-state index in [1.165, 1.54) is 0 Å². The molecule has 1 fully saturated rings. The number of hydrogen-bond acceptors (Lipinski definition) is 4. The van der Waals surface area contributed by atoms with Gasteiger partial charge >= 0.3 is 6.03 Å². The molecule has 0 heterocycles. The van der Waals surface area contributed by atoms with Gasteiger partial charge in [-0.2, -0.15) is 0 Å². The van der Waals surface area contributed by atoms with Crippen LogP contribution in [0.15, 0.2) is 15.4 Å². The van der Waals surface area contributed by atoms with Crippen LogP contribution in [0.4, 0.5) is 14.9 Å². The lowest BCUT2D eigenvalue weighted by atomic mass is 10.3. The van der Waals surface area contributed by atoms with Crippen LogP contribution in [0.3, 0.4) is 0 Å². The van der Waals surface area contributed by atoms with Gasteiger partial charge in [-0.05, 0) is 34.8 Å². The van der Waals surface area contributed by atoms with E-state index in [0.29, 0.717) is 0 Å². The number of urea groups is 1. The molecule has 0 spiro atoms. The van der Waals surface area contributed by atoms with Crippen molar-refractivity contribution in [2.75, 3.05) is 5.73 Å². The molecular weight excluding hydrogens is 377 g/mol. The van der Waals surface area contributed by atoms with Crippen LogP contribution in [0.1, 0.15) is 12.8 Å². The molecule has 10 heteroatoms. The highest BCUT2D eigenvalue weighted by atomic mass is 79.9. The van der Waals surface area contributed by atoms with Crippen LogP contribution in [0.25, 0.3) is 0 Å². The van der Waals surface area contributed by atoms with Gasteiger partial charge in [-0.1, -0.05) is 11.6 Å². The Hall–Kier alpha value is -1.06. The molecule has 1 aromatic carbocycles. The van der Waals surface area contributed by atoms with Crippen LogP contribution >= 0.6 is 27.5 Å². The normalized spacial score (nSPS) is 14.9. The number of hydrogen-bond donors (Lipinski definition) is 3. The quantitative estimate of drug-likeness (QED) is 0.546. The number of nitrogens with one attached hydrogen (secondary N) is 2. The minimum atomic E-state index is -4.39. The summed E-state index contributed by atoms with van der Waals surface area (Å²) in [5.74, 6) is -1.17. The van der Waals surface area contributed by atoms with E-state index < -0.39 is 32.5 Å². The lowest BCUT2D eigenvalue weighted by Crippen LogP contribution is -2.40. The van der Waals surface area contributed by atoms with Crippen LogP contribution in [0.2, 0.25) is 5.02 Å². The number of sulfonamides is 1. The Labute approximate surface area is 128 Å². The van der Waals surface area contributed by atoms with Crippen LogP contribution in [0.5, 0.6) is 0 Å². The smallest absolute Gasteiger partial charge is 0.328 e. The van der Waals surface area contributed by atoms with Crippen molar-refractivity contribution in [2.24, 2.45) is 0 Å². The number of carbonyl (C=O) groups excluding carboxylic acids is 1. The maximum Gasteiger partial charge on any atom is 0.328 e. The lowest BCUT2D eigenvalue weighted by molar-refractivity contribution is 0.245. The first kappa shape index (κ1) is 15.3. The Morgan fingerprint density at radius 1 is 1.50 bits per heavy atom. The molecule has 0 aromatic heterocycles. The van der Waals surface area contributed by atoms with E-state index in [9.17, 15) is 17.6 Å². The van der Waals surface area contributed by atoms with Crippen LogP contribution in [-0.4, -0.2) is 20.5 Å². The molecule has 0 saturated heterocycles. The van der Waals surface area contributed by atoms with Crippen molar-refractivity contribution in [3.63, 3.8) is 0 Å². The van der Waals surface area contributed by atoms with Crippen molar-refractivity contribution in [2.45, 2.75) is 23.8 Å². The molecule has 1 aromatic rings. The number of anilines is 1. The molecule has 0 unspecified atom stereocenters. The molecule has 4 N–H and O–H groups in total. The van der Waals surface area contributed by atoms with Crippen LogP contribution in [0, 0.1) is 5.82 Å². The second kappa shape index (κ2) is 5.38. The Bertz CT molecular complexity index is 679. The third kappa shape index (κ3) is 3.15. The summed E-state index contributed by atoms with van der Waals surface area (Å²) in [5, 5.41) is 2.34. The summed E-state index contributed by atoms with van der Waals surface area (Å²) in [6, 6.07) is -0.0671. The van der Waals surface area contributed by atoms with E-state index in [0.717, 1.165) is 18.9 Å². The summed E-state index contributed by atoms with van der Waals surface area (Å²) >= 11 is 8.67. The van der Waals surface area contributed by atoms with Gasteiger partial charge in [0, 0.05) is 6.04 Å². The molecule has 1 aliphatic rings. The van der Waals surface area contributed by atoms with Crippen LogP contribution in [-0.2, 0) is 10.0 Å². The number of rotatable bonds is 3. The van der Waals surface area contributed by atoms with Gasteiger partial charge in [-0.3, -0.25) is 0 Å². The molecule has 20 heavy (non-hydrogen) atoms. The van der Waals surface area contributed by atoms with Crippen molar-refractivity contribution >= 4 is 49.3 Å². The predicted molar refractivity (Wildman–Crippen MR) is 75.4 cm³/mol. The van der Waals surface area contributed by atoms with Gasteiger partial charge in [-0.25, -0.2) is 22.3 Å². The first-order valence-corrected chi connectivity index (χ1v) is 8.14. The Morgan fingerprint density at radius 3 is 2.65 bits per heavy atom. The van der Waals surface area contributed by atoms with E-state index in [4.69, 9.17) is 17.3 Å². The Balaban J connectivity index is 2.31. The SMILES string of the molecule is Nc1c(F)c(S(=O)(=O)NC(=O)NC2CC2)cc(Cl)c1Br. The highest BCUT2D eigenvalue weighted by Crippen LogP contribution is 2.34. The standard InChI is InChI=1S/C10H10BrClFN3O3S/c11-7-5(12)3-6(8(13)9(7)14)20(18,19)16-10(17)15-4-1-2-4/h3-4H,1-2,14H2,(H2,15,16,17). The Morgan fingerprint density at radius 2 is 2.10 bits per heavy atom. The summed E-state index contributed by atoms with van der Waals surface area (Å²) in [6.07, 6.45) is 1.58. The van der Waals surface area contributed by atoms with Crippen molar-refractivity contribution in [3.05, 3.63) is 21.4 Å². The average molecular weight is 387 g/mol. The molecule has 2 amide bonds. The second-order valence-electron chi connectivity index (χ2n) is 4.25. The molecule has 0 aliphatic heterocycles. The van der Waals surface area contributed by atoms with Gasteiger partial charge in [0.05, 0.1) is 15.2 Å². The highest BCUT2D eigenvalue weighted by molar-refractivity contribution is 9.10. The van der Waals surface area contributed by atoms with Gasteiger partial charge in [0.1, 0.15) is 4.90 Å². The molecule has 1 saturated carbocycles. The van der Waals surface area contributed by atoms with Gasteiger partial charge in [0.25, 0.3) is 10.0 Å². The molecule has 6 nitrogen and oxygen atoms in total. The number of benzene rings is 1. The van der Waals surface area contributed by atoms with E-state index in [2.05, 4.69) is 21.2 Å². The zero-order valence-electron chi connectivity index (χ0n) is 9.91. The zero-order chi connectivity index (χ0) is 15.1. The first-order valence-electron chi connectivity index (χ1n) is 5.48. The highest BCUT2D eigenvalue weighted by Gasteiger charge is 2.28. The van der Waals surface area contributed by atoms with Gasteiger partial charge in [0.15, 0.2) is 5.82 Å². The third-order valence-corrected chi connectivity index (χ3v) is 5.30. The fourth-order valence-corrected chi connectivity index (χ4v) is 3.01. The van der Waals surface area contributed by atoms with E-state index in [-0.39, 0.29) is 15.5 Å². The fourth-order valence-electron chi connectivity index (χ4n) is 1.41. The molecular formula is C10H10BrClFN3O3S. The van der Waals surface area contributed by atoms with Crippen molar-refractivity contribution < 1.29 is 17.6 Å². The average Bonchev–Trinajstić information content (AvgIpc) is 3.13. The first-order chi connectivity index (χ1) is 9.22. The van der Waals surface area contributed by atoms with Gasteiger partial charge in [-0.15, -0.1) is 0 Å². The van der Waals surface area contributed by atoms with Gasteiger partial charge in [0.2, 0.25) is 0 Å². The molecule has 2 rings (SSSR count). The zero-order valence-corrected chi connectivity index (χ0v) is 13.1. The summed E-state index contributed by atoms with van der Waals surface area (Å²) in [7, 11) is -4.39. The summed E-state index contributed by atoms with van der Waals surface area (Å²) in [4.78, 5) is 10.6. The molecule has 0 atom stereocenters. The maximum absolute atomic E-state index is 13.9. The fraction of sp³-hybridized carbons (Fsp3) is 0.300. The molecule has 0 radical (unpaired) electrons. The minimum absolute atomic E-state index is 0.0337. The summed E-state index contributed by atoms with van der Waals surface area (Å²) in [5.41, 5.74) is 4.96. The molecule has 110 valence electrons. The van der Waals surface area contributed by atoms with Crippen LogP contribution < -0.4 is 15.8 Å². The van der Waals surface area contributed by atoms with Crippen molar-refractivity contribution in [3.8, 4) is 0 Å². The second-order valence-corrected chi connectivity index (χ2v) is 7.10. The van der Waals surface area contributed by atoms with E-state index in [1.807, 2.05) is 0 Å². The lowest BCUT2D eigenvalue weighted by Gasteiger charge is -2.11. The minimum Gasteiger partial charge on any atom is -0.395 e. The van der Waals surface area contributed by atoms with Gasteiger partial charge < -0.3 is 11.1 Å². The number of nitrogen functional groups attached to an aromatic ring is 1. The number of halogens is 3. The number of nitrogens with two attached hydrogens (primary N) is 1. The monoisotopic (exact) mass is 385 g/mol. The van der Waals surface area contributed by atoms with Crippen molar-refractivity contribution in [1.82, 2.24) is 10.0 Å². The summed E-state index contributed by atoms with van der Waals surface area (Å²) < 4.78 is 39.5. The third-order valence-electron chi connectivity index (χ3n) is 2.59. The predicted octanol–water partition coefficient (Wildman–Crippen LogP) is 1.97. The largest absolute Gasteiger partial charge is 0.395 e. The molecule has 1 aliphatic carbocycles. The number of amides is 2. The van der Waals surface area contributed by atoms with E-state index in [1.54, 1.807) is 4.72 Å². The molecule has 0 bridgehead atoms.